The van der Waals surface area contributed by atoms with Crippen LogP contribution in [0.15, 0.2) is 101 Å². The zero-order valence-corrected chi connectivity index (χ0v) is 31.9. The lowest BCUT2D eigenvalue weighted by Crippen LogP contribution is -2.39. The van der Waals surface area contributed by atoms with E-state index in [-0.39, 0.29) is 35.5 Å². The Kier molecular flexibility index (Phi) is 13.3. The van der Waals surface area contributed by atoms with E-state index in [9.17, 15) is 32.9 Å². The molecule has 1 saturated carbocycles. The van der Waals surface area contributed by atoms with Crippen LogP contribution < -0.4 is 20.1 Å². The minimum absolute atomic E-state index is 0.0262. The number of thioether (sulfide) groups is 1. The summed E-state index contributed by atoms with van der Waals surface area (Å²) in [5.41, 5.74) is 1.95. The predicted octanol–water partition coefficient (Wildman–Crippen LogP) is 6.04. The fourth-order valence-electron chi connectivity index (χ4n) is 5.71. The van der Waals surface area contributed by atoms with Crippen molar-refractivity contribution in [3.63, 3.8) is 0 Å². The van der Waals surface area contributed by atoms with E-state index < -0.39 is 37.5 Å². The predicted molar refractivity (Wildman–Crippen MR) is 208 cm³/mol. The summed E-state index contributed by atoms with van der Waals surface area (Å²) in [5, 5.41) is 18.2. The van der Waals surface area contributed by atoms with Crippen LogP contribution in [0.2, 0.25) is 0 Å². The summed E-state index contributed by atoms with van der Waals surface area (Å²) < 4.78 is 34.2. The first-order chi connectivity index (χ1) is 25.8. The minimum atomic E-state index is -4.53. The average Bonchev–Trinajstić information content (AvgIpc) is 3.14. The highest BCUT2D eigenvalue weighted by Crippen LogP contribution is 2.33. The molecule has 1 aliphatic rings. The fraction of sp³-hybridized carbons (Fsp3) is 0.308. The molecule has 13 nitrogen and oxygen atoms in total. The maximum atomic E-state index is 13.3. The van der Waals surface area contributed by atoms with Crippen molar-refractivity contribution in [2.45, 2.75) is 60.4 Å². The first-order valence-corrected chi connectivity index (χ1v) is 19.9. The lowest BCUT2D eigenvalue weighted by Gasteiger charge is -2.26. The molecule has 1 fully saturated rings. The maximum Gasteiger partial charge on any atom is 0.293 e. The molecule has 3 N–H and O–H groups in total. The number of hydrogen-bond donors (Lipinski definition) is 3. The summed E-state index contributed by atoms with van der Waals surface area (Å²) in [4.78, 5) is 51.3. The molecule has 0 aromatic heterocycles. The number of rotatable bonds is 17. The lowest BCUT2D eigenvalue weighted by molar-refractivity contribution is -0.384. The zero-order valence-electron chi connectivity index (χ0n) is 30.2. The number of sulfonamides is 1. The van der Waals surface area contributed by atoms with Crippen LogP contribution >= 0.6 is 11.8 Å². The second-order valence-electron chi connectivity index (χ2n) is 13.1. The highest BCUT2D eigenvalue weighted by atomic mass is 32.2. The topological polar surface area (TPSA) is 177 Å². The molecule has 1 aliphatic carbocycles. The number of carbonyl (C=O) groups is 3. The summed E-state index contributed by atoms with van der Waals surface area (Å²) in [6, 6.07) is 24.4. The second-order valence-corrected chi connectivity index (χ2v) is 15.9. The van der Waals surface area contributed by atoms with Gasteiger partial charge in [-0.25, -0.2) is 13.1 Å². The third-order valence-corrected chi connectivity index (χ3v) is 11.5. The van der Waals surface area contributed by atoms with Gasteiger partial charge in [-0.05, 0) is 79.3 Å². The van der Waals surface area contributed by atoms with Gasteiger partial charge in [0.15, 0.2) is 0 Å². The third-order valence-electron chi connectivity index (χ3n) is 9.01. The standard InChI is InChI=1S/C39H43N5O8S2/c1-43(2)38(46)23-30(25-53-31-10-5-4-6-11-31)40-34-20-18-32(24-35(34)44(48)49)54(50,51)42-39(47)28-16-14-27(15-17-28)33-19-12-26(22-36(33)52-3)13-21-37(45)41-29-8-7-9-29/h4-6,10-12,14-20,22,24,29-30,40H,7-9,13,21,23,25H2,1-3H3,(H,41,45)(H,42,47)/t30-/m1/s1. The Morgan fingerprint density at radius 2 is 1.70 bits per heavy atom. The molecular weight excluding hydrogens is 731 g/mol. The lowest BCUT2D eigenvalue weighted by atomic mass is 9.93. The summed E-state index contributed by atoms with van der Waals surface area (Å²) in [7, 11) is 0.253. The van der Waals surface area contributed by atoms with Gasteiger partial charge in [0.25, 0.3) is 21.6 Å². The van der Waals surface area contributed by atoms with Gasteiger partial charge < -0.3 is 20.3 Å². The fourth-order valence-corrected chi connectivity index (χ4v) is 7.65. The van der Waals surface area contributed by atoms with Crippen molar-refractivity contribution in [1.29, 1.82) is 0 Å². The average molecular weight is 774 g/mol. The minimum Gasteiger partial charge on any atom is -0.496 e. The number of ether oxygens (including phenoxy) is 1. The molecular formula is C39H43N5O8S2. The first-order valence-electron chi connectivity index (χ1n) is 17.4. The second kappa shape index (κ2) is 18.1. The number of nitrogens with one attached hydrogen (secondary N) is 3. The SMILES string of the molecule is COc1cc(CCC(=O)NC2CCC2)ccc1-c1ccc(C(=O)NS(=O)(=O)c2ccc(N[C@@H](CSc3ccccc3)CC(=O)N(C)C)c([N+](=O)[O-])c2)cc1. The van der Waals surface area contributed by atoms with E-state index in [4.69, 9.17) is 4.74 Å². The van der Waals surface area contributed by atoms with Crippen LogP contribution in [0.4, 0.5) is 11.4 Å². The number of amides is 3. The van der Waals surface area contributed by atoms with Gasteiger partial charge in [-0.15, -0.1) is 11.8 Å². The highest BCUT2D eigenvalue weighted by molar-refractivity contribution is 7.99. The molecule has 0 spiro atoms. The number of benzene rings is 4. The van der Waals surface area contributed by atoms with Crippen LogP contribution in [0.5, 0.6) is 5.75 Å². The Balaban J connectivity index is 1.26. The molecule has 15 heteroatoms. The van der Waals surface area contributed by atoms with Crippen LogP contribution in [-0.2, 0) is 26.0 Å². The molecule has 0 unspecified atom stereocenters. The van der Waals surface area contributed by atoms with E-state index in [1.54, 1.807) is 33.3 Å². The van der Waals surface area contributed by atoms with Gasteiger partial charge >= 0.3 is 0 Å². The van der Waals surface area contributed by atoms with Gasteiger partial charge in [-0.3, -0.25) is 24.5 Å². The van der Waals surface area contributed by atoms with Crippen LogP contribution in [0.1, 0.15) is 48.0 Å². The van der Waals surface area contributed by atoms with Crippen LogP contribution in [-0.4, -0.2) is 75.0 Å². The summed E-state index contributed by atoms with van der Waals surface area (Å²) in [6.45, 7) is 0. The Morgan fingerprint density at radius 3 is 2.33 bits per heavy atom. The molecule has 54 heavy (non-hydrogen) atoms. The van der Waals surface area contributed by atoms with Gasteiger partial charge in [-0.2, -0.15) is 0 Å². The molecule has 0 saturated heterocycles. The highest BCUT2D eigenvalue weighted by Gasteiger charge is 2.26. The molecule has 0 heterocycles. The van der Waals surface area contributed by atoms with Gasteiger partial charge in [-0.1, -0.05) is 42.5 Å². The van der Waals surface area contributed by atoms with Crippen LogP contribution in [0.3, 0.4) is 0 Å². The van der Waals surface area contributed by atoms with E-state index >= 15 is 0 Å². The van der Waals surface area contributed by atoms with E-state index in [1.165, 1.54) is 40.9 Å². The van der Waals surface area contributed by atoms with Crippen molar-refractivity contribution < 1.29 is 32.5 Å². The Hall–Kier alpha value is -5.41. The monoisotopic (exact) mass is 773 g/mol. The number of carbonyl (C=O) groups excluding carboxylic acids is 3. The molecule has 0 radical (unpaired) electrons. The van der Waals surface area contributed by atoms with Gasteiger partial charge in [0, 0.05) is 66.9 Å². The van der Waals surface area contributed by atoms with Crippen LogP contribution in [0, 0.1) is 10.1 Å². The van der Waals surface area contributed by atoms with E-state index in [1.807, 2.05) is 53.3 Å². The summed E-state index contributed by atoms with van der Waals surface area (Å²) in [6.07, 6.45) is 4.17. The number of nitro benzene ring substituents is 1. The molecule has 0 aliphatic heterocycles. The molecule has 284 valence electrons. The zero-order chi connectivity index (χ0) is 38.8. The number of methoxy groups -OCH3 is 1. The number of nitro groups is 1. The van der Waals surface area contributed by atoms with Crippen molar-refractivity contribution in [2.24, 2.45) is 0 Å². The number of nitrogens with zero attached hydrogens (tertiary/aromatic N) is 2. The Labute approximate surface area is 319 Å². The van der Waals surface area contributed by atoms with Crippen molar-refractivity contribution in [3.05, 3.63) is 112 Å². The normalized spacial score (nSPS) is 13.2. The number of hydrogen-bond acceptors (Lipinski definition) is 10. The smallest absolute Gasteiger partial charge is 0.293 e. The van der Waals surface area contributed by atoms with E-state index in [2.05, 4.69) is 10.6 Å². The van der Waals surface area contributed by atoms with Gasteiger partial charge in [0.2, 0.25) is 11.8 Å². The van der Waals surface area contributed by atoms with Crippen molar-refractivity contribution >= 4 is 50.9 Å². The van der Waals surface area contributed by atoms with Crippen molar-refractivity contribution in [1.82, 2.24) is 14.9 Å². The summed E-state index contributed by atoms with van der Waals surface area (Å²) in [5.74, 6) is -0.106. The van der Waals surface area contributed by atoms with E-state index in [0.717, 1.165) is 41.4 Å². The molecule has 0 bridgehead atoms. The van der Waals surface area contributed by atoms with Crippen molar-refractivity contribution in [2.75, 3.05) is 32.3 Å². The van der Waals surface area contributed by atoms with E-state index in [0.29, 0.717) is 29.9 Å². The van der Waals surface area contributed by atoms with Gasteiger partial charge in [0.05, 0.1) is 16.9 Å². The maximum absolute atomic E-state index is 13.3. The molecule has 4 aromatic rings. The van der Waals surface area contributed by atoms with Gasteiger partial charge in [0.1, 0.15) is 11.4 Å². The first kappa shape index (κ1) is 39.8. The Morgan fingerprint density at radius 1 is 0.981 bits per heavy atom. The van der Waals surface area contributed by atoms with Crippen molar-refractivity contribution in [3.8, 4) is 16.9 Å². The van der Waals surface area contributed by atoms with Crippen LogP contribution in [0.25, 0.3) is 11.1 Å². The molecule has 4 aromatic carbocycles. The molecule has 5 rings (SSSR count). The summed E-state index contributed by atoms with van der Waals surface area (Å²) >= 11 is 1.47. The number of aryl methyl sites for hydroxylation is 1. The largest absolute Gasteiger partial charge is 0.496 e. The molecule has 1 atom stereocenters. The quantitative estimate of drug-likeness (QED) is 0.0651. The Bertz CT molecular complexity index is 2090. The number of anilines is 1. The third kappa shape index (κ3) is 10.6. The molecule has 3 amide bonds.